The minimum absolute atomic E-state index is 0.157. The van der Waals surface area contributed by atoms with Gasteiger partial charge in [0.2, 0.25) is 0 Å². The fourth-order valence-electron chi connectivity index (χ4n) is 2.85. The maximum Gasteiger partial charge on any atom is 0.256 e. The Bertz CT molecular complexity index is 632. The van der Waals surface area contributed by atoms with Gasteiger partial charge in [0, 0.05) is 16.7 Å². The highest BCUT2D eigenvalue weighted by Crippen LogP contribution is 2.30. The van der Waals surface area contributed by atoms with Gasteiger partial charge in [-0.3, -0.25) is 4.79 Å². The number of rotatable bonds is 3. The van der Waals surface area contributed by atoms with Gasteiger partial charge in [0.05, 0.1) is 12.2 Å². The molecule has 1 aliphatic carbocycles. The lowest BCUT2D eigenvalue weighted by Gasteiger charge is -2.23. The Balaban J connectivity index is 1.76. The van der Waals surface area contributed by atoms with E-state index < -0.39 is 0 Å². The van der Waals surface area contributed by atoms with Gasteiger partial charge in [0.15, 0.2) is 0 Å². The van der Waals surface area contributed by atoms with E-state index in [1.807, 2.05) is 10.7 Å². The maximum absolute atomic E-state index is 12.3. The predicted molar refractivity (Wildman–Crippen MR) is 83.8 cm³/mol. The van der Waals surface area contributed by atoms with Crippen LogP contribution in [-0.4, -0.2) is 15.7 Å². The Morgan fingerprint density at radius 1 is 1.24 bits per heavy atom. The van der Waals surface area contributed by atoms with Crippen LogP contribution in [0.1, 0.15) is 48.5 Å². The van der Waals surface area contributed by atoms with E-state index in [0.29, 0.717) is 16.6 Å². The highest BCUT2D eigenvalue weighted by atomic mass is 35.5. The molecular weight excluding hydrogens is 286 g/mol. The van der Waals surface area contributed by atoms with Crippen LogP contribution in [0.2, 0.25) is 5.02 Å². The summed E-state index contributed by atoms with van der Waals surface area (Å²) >= 11 is 5.93. The molecule has 0 unspecified atom stereocenters. The molecule has 1 aromatic carbocycles. The van der Waals surface area contributed by atoms with Crippen molar-refractivity contribution in [1.29, 1.82) is 0 Å². The van der Waals surface area contributed by atoms with Crippen LogP contribution in [0.25, 0.3) is 0 Å². The lowest BCUT2D eigenvalue weighted by Crippen LogP contribution is -2.20. The zero-order valence-corrected chi connectivity index (χ0v) is 12.5. The molecule has 3 rings (SSSR count). The number of carbonyl (C=O) groups excluding carboxylic acids is 1. The third kappa shape index (κ3) is 3.27. The molecule has 1 N–H and O–H groups in total. The van der Waals surface area contributed by atoms with E-state index in [1.165, 1.54) is 19.3 Å². The van der Waals surface area contributed by atoms with Crippen LogP contribution in [0.5, 0.6) is 0 Å². The molecule has 0 atom stereocenters. The van der Waals surface area contributed by atoms with E-state index in [1.54, 1.807) is 30.5 Å². The van der Waals surface area contributed by atoms with Gasteiger partial charge < -0.3 is 5.32 Å². The molecular formula is C16H18ClN3O. The summed E-state index contributed by atoms with van der Waals surface area (Å²) in [6, 6.07) is 9.18. The van der Waals surface area contributed by atoms with Crippen LogP contribution < -0.4 is 5.32 Å². The van der Waals surface area contributed by atoms with Gasteiger partial charge in [0.1, 0.15) is 5.82 Å². The van der Waals surface area contributed by atoms with E-state index in [-0.39, 0.29) is 5.91 Å². The Labute approximate surface area is 129 Å². The second kappa shape index (κ2) is 6.31. The highest BCUT2D eigenvalue weighted by molar-refractivity contribution is 6.31. The first kappa shape index (κ1) is 14.1. The molecule has 1 fully saturated rings. The Morgan fingerprint density at radius 3 is 2.81 bits per heavy atom. The molecule has 4 nitrogen and oxygen atoms in total. The monoisotopic (exact) mass is 303 g/mol. The van der Waals surface area contributed by atoms with Crippen LogP contribution in [0, 0.1) is 0 Å². The van der Waals surface area contributed by atoms with E-state index in [9.17, 15) is 4.79 Å². The highest BCUT2D eigenvalue weighted by Gasteiger charge is 2.19. The maximum atomic E-state index is 12.3. The number of anilines is 1. The standard InChI is InChI=1S/C16H18ClN3O/c17-13-6-4-5-12(11-13)16(21)19-15-9-10-18-20(15)14-7-2-1-3-8-14/h4-6,9-11,14H,1-3,7-8H2,(H,19,21). The summed E-state index contributed by atoms with van der Waals surface area (Å²) in [7, 11) is 0. The molecule has 5 heteroatoms. The van der Waals surface area contributed by atoms with E-state index in [2.05, 4.69) is 10.4 Å². The second-order valence-electron chi connectivity index (χ2n) is 5.42. The number of benzene rings is 1. The van der Waals surface area contributed by atoms with Crippen LogP contribution in [-0.2, 0) is 0 Å². The van der Waals surface area contributed by atoms with Crippen molar-refractivity contribution in [1.82, 2.24) is 9.78 Å². The minimum atomic E-state index is -0.157. The van der Waals surface area contributed by atoms with Crippen molar-refractivity contribution in [2.24, 2.45) is 0 Å². The van der Waals surface area contributed by atoms with Gasteiger partial charge in [0.25, 0.3) is 5.91 Å². The molecule has 0 bridgehead atoms. The van der Waals surface area contributed by atoms with E-state index in [0.717, 1.165) is 18.7 Å². The lowest BCUT2D eigenvalue weighted by atomic mass is 9.96. The number of amides is 1. The number of carbonyl (C=O) groups is 1. The van der Waals surface area contributed by atoms with Crippen LogP contribution >= 0.6 is 11.6 Å². The molecule has 0 spiro atoms. The first-order valence-corrected chi connectivity index (χ1v) is 7.72. The zero-order valence-electron chi connectivity index (χ0n) is 11.8. The number of nitrogens with one attached hydrogen (secondary N) is 1. The lowest BCUT2D eigenvalue weighted by molar-refractivity contribution is 0.102. The summed E-state index contributed by atoms with van der Waals surface area (Å²) < 4.78 is 1.95. The molecule has 1 saturated carbocycles. The normalized spacial score (nSPS) is 15.9. The Hall–Kier alpha value is -1.81. The minimum Gasteiger partial charge on any atom is -0.307 e. The van der Waals surface area contributed by atoms with Crippen molar-refractivity contribution in [3.63, 3.8) is 0 Å². The average molecular weight is 304 g/mol. The van der Waals surface area contributed by atoms with Crippen molar-refractivity contribution < 1.29 is 4.79 Å². The fraction of sp³-hybridized carbons (Fsp3) is 0.375. The number of hydrogen-bond donors (Lipinski definition) is 1. The number of aromatic nitrogens is 2. The van der Waals surface area contributed by atoms with Crippen molar-refractivity contribution in [3.8, 4) is 0 Å². The SMILES string of the molecule is O=C(Nc1ccnn1C1CCCCC1)c1cccc(Cl)c1. The summed E-state index contributed by atoms with van der Waals surface area (Å²) in [4.78, 5) is 12.3. The molecule has 110 valence electrons. The molecule has 1 aromatic heterocycles. The summed E-state index contributed by atoms with van der Waals surface area (Å²) in [5.41, 5.74) is 0.555. The van der Waals surface area contributed by atoms with E-state index >= 15 is 0 Å². The van der Waals surface area contributed by atoms with Crippen LogP contribution in [0.4, 0.5) is 5.82 Å². The molecule has 1 heterocycles. The number of nitrogens with zero attached hydrogens (tertiary/aromatic N) is 2. The van der Waals surface area contributed by atoms with Crippen molar-refractivity contribution in [2.75, 3.05) is 5.32 Å². The topological polar surface area (TPSA) is 46.9 Å². The zero-order chi connectivity index (χ0) is 14.7. The van der Waals surface area contributed by atoms with Crippen molar-refractivity contribution in [2.45, 2.75) is 38.1 Å². The molecule has 0 saturated heterocycles. The Morgan fingerprint density at radius 2 is 2.05 bits per heavy atom. The van der Waals surface area contributed by atoms with Gasteiger partial charge in [-0.1, -0.05) is 36.9 Å². The van der Waals surface area contributed by atoms with Crippen molar-refractivity contribution in [3.05, 3.63) is 47.1 Å². The first-order chi connectivity index (χ1) is 10.2. The van der Waals surface area contributed by atoms with Gasteiger partial charge >= 0.3 is 0 Å². The summed E-state index contributed by atoms with van der Waals surface area (Å²) in [6.07, 6.45) is 7.74. The van der Waals surface area contributed by atoms with Crippen LogP contribution in [0.3, 0.4) is 0 Å². The van der Waals surface area contributed by atoms with E-state index in [4.69, 9.17) is 11.6 Å². The molecule has 1 amide bonds. The fourth-order valence-corrected chi connectivity index (χ4v) is 3.04. The second-order valence-corrected chi connectivity index (χ2v) is 5.85. The predicted octanol–water partition coefficient (Wildman–Crippen LogP) is 4.29. The summed E-state index contributed by atoms with van der Waals surface area (Å²) in [5.74, 6) is 0.599. The quantitative estimate of drug-likeness (QED) is 0.919. The van der Waals surface area contributed by atoms with Gasteiger partial charge in [-0.2, -0.15) is 5.10 Å². The largest absolute Gasteiger partial charge is 0.307 e. The molecule has 21 heavy (non-hydrogen) atoms. The smallest absolute Gasteiger partial charge is 0.256 e. The summed E-state index contributed by atoms with van der Waals surface area (Å²) in [5, 5.41) is 7.87. The average Bonchev–Trinajstić information content (AvgIpc) is 2.96. The molecule has 2 aromatic rings. The van der Waals surface area contributed by atoms with Crippen LogP contribution in [0.15, 0.2) is 36.5 Å². The molecule has 0 radical (unpaired) electrons. The summed E-state index contributed by atoms with van der Waals surface area (Å²) in [6.45, 7) is 0. The van der Waals surface area contributed by atoms with Gasteiger partial charge in [-0.15, -0.1) is 0 Å². The third-order valence-corrected chi connectivity index (χ3v) is 4.15. The van der Waals surface area contributed by atoms with Gasteiger partial charge in [-0.25, -0.2) is 4.68 Å². The Kier molecular flexibility index (Phi) is 4.25. The molecule has 0 aliphatic heterocycles. The van der Waals surface area contributed by atoms with Crippen molar-refractivity contribution >= 4 is 23.3 Å². The third-order valence-electron chi connectivity index (χ3n) is 3.92. The first-order valence-electron chi connectivity index (χ1n) is 7.34. The van der Waals surface area contributed by atoms with Gasteiger partial charge in [-0.05, 0) is 31.0 Å². The molecule has 1 aliphatic rings. The number of halogens is 1. The number of hydrogen-bond acceptors (Lipinski definition) is 2.